The van der Waals surface area contributed by atoms with Crippen LogP contribution in [0.15, 0.2) is 11.0 Å². The van der Waals surface area contributed by atoms with Gasteiger partial charge in [0.1, 0.15) is 11.4 Å². The number of carboxylic acid groups (broad SMARTS) is 1. The second-order valence-corrected chi connectivity index (χ2v) is 4.80. The van der Waals surface area contributed by atoms with E-state index in [1.54, 1.807) is 11.8 Å². The van der Waals surface area contributed by atoms with Crippen molar-refractivity contribution < 1.29 is 9.90 Å². The van der Waals surface area contributed by atoms with Crippen LogP contribution in [-0.4, -0.2) is 26.3 Å². The number of carbonyl (C=O) groups is 1. The van der Waals surface area contributed by atoms with E-state index in [-0.39, 0.29) is 5.56 Å². The Labute approximate surface area is 90.9 Å². The number of hydrogen-bond donors (Lipinski definition) is 2. The molecule has 2 N–H and O–H groups in total. The summed E-state index contributed by atoms with van der Waals surface area (Å²) in [6.07, 6.45) is 1.09. The first kappa shape index (κ1) is 11.8. The molecule has 1 aromatic rings. The van der Waals surface area contributed by atoms with Gasteiger partial charge >= 0.3 is 5.97 Å². The Bertz CT molecular complexity index is 414. The van der Waals surface area contributed by atoms with Gasteiger partial charge < -0.3 is 10.1 Å². The number of H-pyrrole nitrogens is 1. The molecule has 0 radical (unpaired) electrons. The molecule has 0 atom stereocenters. The van der Waals surface area contributed by atoms with Crippen LogP contribution in [0.5, 0.6) is 0 Å². The van der Waals surface area contributed by atoms with Crippen LogP contribution < -0.4 is 5.56 Å². The molecule has 1 aromatic heterocycles. The summed E-state index contributed by atoms with van der Waals surface area (Å²) in [5.74, 6) is -0.178. The molecular weight excluding hydrogens is 216 g/mol. The third kappa shape index (κ3) is 3.39. The van der Waals surface area contributed by atoms with E-state index in [0.717, 1.165) is 6.20 Å². The molecule has 0 aliphatic carbocycles. The summed E-state index contributed by atoms with van der Waals surface area (Å²) in [6.45, 7) is 4.07. The number of carboxylic acids is 1. The van der Waals surface area contributed by atoms with Crippen molar-refractivity contribution in [2.45, 2.75) is 24.9 Å². The van der Waals surface area contributed by atoms with E-state index in [4.69, 9.17) is 5.11 Å². The molecule has 82 valence electrons. The number of nitrogens with one attached hydrogen (secondary N) is 1. The third-order valence-electron chi connectivity index (χ3n) is 1.64. The molecule has 0 aliphatic rings. The molecule has 0 fully saturated rings. The minimum Gasteiger partial charge on any atom is -0.477 e. The smallest absolute Gasteiger partial charge is 0.342 e. The first-order valence-electron chi connectivity index (χ1n) is 4.43. The molecule has 0 saturated carbocycles. The molecule has 1 rings (SSSR count). The molecule has 0 unspecified atom stereocenters. The van der Waals surface area contributed by atoms with Crippen LogP contribution in [-0.2, 0) is 5.75 Å². The maximum atomic E-state index is 11.2. The Hall–Kier alpha value is -1.30. The predicted octanol–water partition coefficient (Wildman–Crippen LogP) is 1.11. The standard InChI is InChI=1S/C9H12N2O3S/c1-5(2)15-4-7-10-3-6(9(13)14)8(12)11-7/h3,5H,4H2,1-2H3,(H,13,14)(H,10,11,12). The van der Waals surface area contributed by atoms with E-state index in [1.807, 2.05) is 13.8 Å². The first-order chi connectivity index (χ1) is 7.00. The number of aromatic carboxylic acids is 1. The van der Waals surface area contributed by atoms with Crippen LogP contribution in [0.4, 0.5) is 0 Å². The highest BCUT2D eigenvalue weighted by Crippen LogP contribution is 2.13. The molecule has 15 heavy (non-hydrogen) atoms. The maximum Gasteiger partial charge on any atom is 0.342 e. The largest absolute Gasteiger partial charge is 0.477 e. The molecule has 6 heteroatoms. The van der Waals surface area contributed by atoms with Gasteiger partial charge in [-0.2, -0.15) is 11.8 Å². The third-order valence-corrected chi connectivity index (χ3v) is 2.74. The zero-order valence-electron chi connectivity index (χ0n) is 8.48. The lowest BCUT2D eigenvalue weighted by Gasteiger charge is -2.03. The highest BCUT2D eigenvalue weighted by molar-refractivity contribution is 7.99. The molecule has 0 bridgehead atoms. The van der Waals surface area contributed by atoms with Crippen molar-refractivity contribution in [1.29, 1.82) is 0 Å². The first-order valence-corrected chi connectivity index (χ1v) is 5.48. The second-order valence-electron chi connectivity index (χ2n) is 3.24. The number of thioether (sulfide) groups is 1. The highest BCUT2D eigenvalue weighted by atomic mass is 32.2. The van der Waals surface area contributed by atoms with Crippen LogP contribution in [0.2, 0.25) is 0 Å². The Kier molecular flexibility index (Phi) is 3.90. The summed E-state index contributed by atoms with van der Waals surface area (Å²) >= 11 is 1.63. The summed E-state index contributed by atoms with van der Waals surface area (Å²) in [7, 11) is 0. The summed E-state index contributed by atoms with van der Waals surface area (Å²) in [4.78, 5) is 28.1. The van der Waals surface area contributed by atoms with Crippen LogP contribution >= 0.6 is 11.8 Å². The lowest BCUT2D eigenvalue weighted by molar-refractivity contribution is 0.0694. The van der Waals surface area contributed by atoms with Gasteiger partial charge in [-0.15, -0.1) is 0 Å². The summed E-state index contributed by atoms with van der Waals surface area (Å²) in [6, 6.07) is 0. The lowest BCUT2D eigenvalue weighted by Crippen LogP contribution is -2.19. The van der Waals surface area contributed by atoms with E-state index in [2.05, 4.69) is 9.97 Å². The molecule has 0 saturated heterocycles. The summed E-state index contributed by atoms with van der Waals surface area (Å²) in [5.41, 5.74) is -0.926. The fourth-order valence-corrected chi connectivity index (χ4v) is 1.54. The zero-order chi connectivity index (χ0) is 11.4. The van der Waals surface area contributed by atoms with Gasteiger partial charge in [-0.05, 0) is 5.25 Å². The van der Waals surface area contributed by atoms with Crippen molar-refractivity contribution >= 4 is 17.7 Å². The number of aromatic nitrogens is 2. The average Bonchev–Trinajstić information content (AvgIpc) is 2.14. The second kappa shape index (κ2) is 4.97. The van der Waals surface area contributed by atoms with Gasteiger partial charge in [0, 0.05) is 6.20 Å². The van der Waals surface area contributed by atoms with Crippen molar-refractivity contribution in [3.8, 4) is 0 Å². The van der Waals surface area contributed by atoms with Gasteiger partial charge in [0.05, 0.1) is 5.75 Å². The summed E-state index contributed by atoms with van der Waals surface area (Å²) < 4.78 is 0. The average molecular weight is 228 g/mol. The van der Waals surface area contributed by atoms with E-state index in [0.29, 0.717) is 16.8 Å². The fourth-order valence-electron chi connectivity index (χ4n) is 0.903. The van der Waals surface area contributed by atoms with Gasteiger partial charge in [-0.1, -0.05) is 13.8 Å². The topological polar surface area (TPSA) is 83.0 Å². The van der Waals surface area contributed by atoms with Gasteiger partial charge in [-0.25, -0.2) is 9.78 Å². The maximum absolute atomic E-state index is 11.2. The molecule has 0 amide bonds. The van der Waals surface area contributed by atoms with Crippen molar-refractivity contribution in [2.75, 3.05) is 0 Å². The Morgan fingerprint density at radius 1 is 1.67 bits per heavy atom. The minimum absolute atomic E-state index is 0.326. The number of hydrogen-bond acceptors (Lipinski definition) is 4. The molecule has 0 aromatic carbocycles. The predicted molar refractivity (Wildman–Crippen MR) is 58.2 cm³/mol. The molecule has 5 nitrogen and oxygen atoms in total. The van der Waals surface area contributed by atoms with Crippen LogP contribution in [0.3, 0.4) is 0 Å². The van der Waals surface area contributed by atoms with E-state index >= 15 is 0 Å². The van der Waals surface area contributed by atoms with Crippen molar-refractivity contribution in [3.05, 3.63) is 27.9 Å². The number of rotatable bonds is 4. The SMILES string of the molecule is CC(C)SCc1ncc(C(=O)O)c(=O)[nH]1. The quantitative estimate of drug-likeness (QED) is 0.806. The van der Waals surface area contributed by atoms with E-state index < -0.39 is 11.5 Å². The normalized spacial score (nSPS) is 10.6. The van der Waals surface area contributed by atoms with Crippen molar-refractivity contribution in [3.63, 3.8) is 0 Å². The monoisotopic (exact) mass is 228 g/mol. The van der Waals surface area contributed by atoms with Gasteiger partial charge in [0.2, 0.25) is 0 Å². The van der Waals surface area contributed by atoms with Crippen molar-refractivity contribution in [2.24, 2.45) is 0 Å². The van der Waals surface area contributed by atoms with Crippen molar-refractivity contribution in [1.82, 2.24) is 9.97 Å². The Morgan fingerprint density at radius 3 is 2.80 bits per heavy atom. The molecular formula is C9H12N2O3S. The minimum atomic E-state index is -1.26. The van der Waals surface area contributed by atoms with Crippen LogP contribution in [0.25, 0.3) is 0 Å². The Balaban J connectivity index is 2.83. The lowest BCUT2D eigenvalue weighted by atomic mass is 10.3. The van der Waals surface area contributed by atoms with Gasteiger partial charge in [-0.3, -0.25) is 4.79 Å². The van der Waals surface area contributed by atoms with E-state index in [9.17, 15) is 9.59 Å². The summed E-state index contributed by atoms with van der Waals surface area (Å²) in [5, 5.41) is 9.05. The van der Waals surface area contributed by atoms with Crippen LogP contribution in [0.1, 0.15) is 30.0 Å². The molecule has 0 spiro atoms. The fraction of sp³-hybridized carbons (Fsp3) is 0.444. The number of aromatic amines is 1. The number of nitrogens with zero attached hydrogens (tertiary/aromatic N) is 1. The Morgan fingerprint density at radius 2 is 2.33 bits per heavy atom. The highest BCUT2D eigenvalue weighted by Gasteiger charge is 2.09. The molecule has 0 aliphatic heterocycles. The zero-order valence-corrected chi connectivity index (χ0v) is 9.30. The van der Waals surface area contributed by atoms with Crippen LogP contribution in [0, 0.1) is 0 Å². The van der Waals surface area contributed by atoms with Gasteiger partial charge in [0.15, 0.2) is 0 Å². The van der Waals surface area contributed by atoms with E-state index in [1.165, 1.54) is 0 Å². The van der Waals surface area contributed by atoms with Gasteiger partial charge in [0.25, 0.3) is 5.56 Å². The molecule has 1 heterocycles.